The summed E-state index contributed by atoms with van der Waals surface area (Å²) >= 11 is 1.14. The molecule has 0 aliphatic carbocycles. The lowest BCUT2D eigenvalue weighted by Crippen LogP contribution is -2.85. The molecule has 2 aliphatic rings. The van der Waals surface area contributed by atoms with Gasteiger partial charge < -0.3 is 20.3 Å². The van der Waals surface area contributed by atoms with Gasteiger partial charge in [0.1, 0.15) is 18.0 Å². The van der Waals surface area contributed by atoms with Crippen molar-refractivity contribution in [1.29, 1.82) is 0 Å². The van der Waals surface area contributed by atoms with Crippen LogP contribution in [0.2, 0.25) is 0 Å². The molecule has 2 aromatic carbocycles. The van der Waals surface area contributed by atoms with Gasteiger partial charge in [0.25, 0.3) is 16.0 Å². The number of carbonyl (C=O) groups excluding carboxylic acids is 4. The Hall–Kier alpha value is -3.42. The fourth-order valence-corrected chi connectivity index (χ4v) is 7.05. The Morgan fingerprint density at radius 2 is 1.73 bits per heavy atom. The largest absolute Gasteiger partial charge is 0.459 e. The maximum atomic E-state index is 13.4. The summed E-state index contributed by atoms with van der Waals surface area (Å²) in [5.41, 5.74) is -1.31. The number of carbonyl (C=O) groups is 4. The molecule has 0 spiro atoms. The quantitative estimate of drug-likeness (QED) is 0.137. The molecule has 0 saturated carbocycles. The minimum Gasteiger partial charge on any atom is -0.459 e. The van der Waals surface area contributed by atoms with Crippen molar-refractivity contribution in [1.82, 2.24) is 15.5 Å². The molecule has 4 rings (SSSR count). The van der Waals surface area contributed by atoms with Crippen LogP contribution in [0.5, 0.6) is 0 Å². The smallest absolute Gasteiger partial charge is 0.330 e. The third-order valence-electron chi connectivity index (χ3n) is 6.24. The van der Waals surface area contributed by atoms with Crippen LogP contribution in [0.15, 0.2) is 60.7 Å². The zero-order valence-electron chi connectivity index (χ0n) is 19.9. The zero-order chi connectivity index (χ0) is 27.0. The maximum absolute atomic E-state index is 13.4. The van der Waals surface area contributed by atoms with Gasteiger partial charge in [0.15, 0.2) is 5.25 Å². The topological polar surface area (TPSA) is 159 Å². The second kappa shape index (κ2) is 9.80. The Balaban J connectivity index is 1.59. The van der Waals surface area contributed by atoms with Crippen molar-refractivity contribution in [2.75, 3.05) is 0 Å². The summed E-state index contributed by atoms with van der Waals surface area (Å²) in [5, 5.41) is 1.64. The fourth-order valence-electron chi connectivity index (χ4n) is 4.57. The van der Waals surface area contributed by atoms with Gasteiger partial charge >= 0.3 is 5.97 Å². The predicted molar refractivity (Wildman–Crippen MR) is 133 cm³/mol. The summed E-state index contributed by atoms with van der Waals surface area (Å²) in [4.78, 5) is 52.4. The number of fused-ring (bicyclic) bond motifs is 1. The number of esters is 1. The number of amides is 3. The monoisotopic (exact) mass is 547 g/mol. The molecule has 196 valence electrons. The van der Waals surface area contributed by atoms with Crippen molar-refractivity contribution in [2.24, 2.45) is 0 Å². The van der Waals surface area contributed by atoms with Gasteiger partial charge in [-0.15, -0.1) is 11.8 Å². The fraction of sp³-hybridized carbons (Fsp3) is 0.333. The molecule has 2 fully saturated rings. The molecule has 11 nitrogen and oxygen atoms in total. The zero-order valence-corrected chi connectivity index (χ0v) is 21.5. The number of thioether (sulfide) groups is 1. The summed E-state index contributed by atoms with van der Waals surface area (Å²) in [7, 11) is -4.94. The van der Waals surface area contributed by atoms with Crippen molar-refractivity contribution in [2.45, 2.75) is 47.5 Å². The Kier molecular flexibility index (Phi) is 7.06. The molecule has 3 N–H and O–H groups in total. The first-order valence-corrected chi connectivity index (χ1v) is 13.6. The van der Waals surface area contributed by atoms with E-state index in [0.29, 0.717) is 0 Å². The summed E-state index contributed by atoms with van der Waals surface area (Å²) in [6.45, 7) is 3.43. The number of rotatable bonds is 9. The first-order valence-electron chi connectivity index (χ1n) is 11.2. The summed E-state index contributed by atoms with van der Waals surface area (Å²) in [5.74, 6) is -2.70. The number of nitrogens with one attached hydrogen (secondary N) is 2. The number of hydrogen-bond acceptors (Lipinski definition) is 8. The summed E-state index contributed by atoms with van der Waals surface area (Å²) in [6.07, 6.45) is 0.203. The molecule has 0 bridgehead atoms. The van der Waals surface area contributed by atoms with Gasteiger partial charge in [0.05, 0.1) is 0 Å². The van der Waals surface area contributed by atoms with E-state index in [-0.39, 0.29) is 18.6 Å². The normalized spacial score (nSPS) is 24.8. The number of hydrogen-bond donors (Lipinski definition) is 3. The standard InChI is InChI=1S/C24H25N3O8S2/c1-23(2)18(20(30)35-13-15-9-5-3-6-10-15)27-21(31)24(25-14-28,22(27)36-23)26-19(29)17(37(32,33)34)16-11-7-4-8-12-16/h3-12,14,17-18,22H,13H2,1-2H3,(H,25,28)(H,26,29)(H,32,33,34)/t17?,18-,22+,24+/m0/s1. The molecule has 2 heterocycles. The Bertz CT molecular complexity index is 1320. The van der Waals surface area contributed by atoms with Crippen LogP contribution in [0, 0.1) is 0 Å². The van der Waals surface area contributed by atoms with Gasteiger partial charge in [-0.25, -0.2) is 4.79 Å². The molecule has 3 amide bonds. The highest BCUT2D eigenvalue weighted by Gasteiger charge is 2.73. The first kappa shape index (κ1) is 26.6. The van der Waals surface area contributed by atoms with Crippen LogP contribution < -0.4 is 10.6 Å². The van der Waals surface area contributed by atoms with Crippen LogP contribution in [0.3, 0.4) is 0 Å². The van der Waals surface area contributed by atoms with Crippen LogP contribution in [0.25, 0.3) is 0 Å². The van der Waals surface area contributed by atoms with Crippen LogP contribution in [-0.4, -0.2) is 63.9 Å². The highest BCUT2D eigenvalue weighted by molar-refractivity contribution is 8.01. The number of nitrogens with zero attached hydrogens (tertiary/aromatic N) is 1. The molecule has 0 aromatic heterocycles. The predicted octanol–water partition coefficient (Wildman–Crippen LogP) is 0.980. The van der Waals surface area contributed by atoms with Crippen molar-refractivity contribution < 1.29 is 36.9 Å². The van der Waals surface area contributed by atoms with Crippen LogP contribution in [0.4, 0.5) is 0 Å². The van der Waals surface area contributed by atoms with E-state index in [9.17, 15) is 32.1 Å². The van der Waals surface area contributed by atoms with E-state index < -0.39 is 55.0 Å². The summed E-state index contributed by atoms with van der Waals surface area (Å²) in [6, 6.07) is 15.2. The third kappa shape index (κ3) is 4.81. The molecule has 0 radical (unpaired) electrons. The van der Waals surface area contributed by atoms with Gasteiger partial charge in [0, 0.05) is 4.75 Å². The van der Waals surface area contributed by atoms with E-state index in [0.717, 1.165) is 17.3 Å². The van der Waals surface area contributed by atoms with Gasteiger partial charge in [-0.2, -0.15) is 8.42 Å². The van der Waals surface area contributed by atoms with Crippen LogP contribution >= 0.6 is 11.8 Å². The molecule has 2 aliphatic heterocycles. The van der Waals surface area contributed by atoms with Crippen molar-refractivity contribution in [3.8, 4) is 0 Å². The van der Waals surface area contributed by atoms with E-state index >= 15 is 0 Å². The molecule has 2 aromatic rings. The Morgan fingerprint density at radius 1 is 1.14 bits per heavy atom. The molecule has 2 saturated heterocycles. The number of benzene rings is 2. The van der Waals surface area contributed by atoms with Gasteiger partial charge in [-0.1, -0.05) is 60.7 Å². The Morgan fingerprint density at radius 3 is 2.30 bits per heavy atom. The van der Waals surface area contributed by atoms with E-state index in [1.165, 1.54) is 29.2 Å². The van der Waals surface area contributed by atoms with E-state index in [1.54, 1.807) is 44.2 Å². The molecule has 13 heteroatoms. The maximum Gasteiger partial charge on any atom is 0.330 e. The van der Waals surface area contributed by atoms with E-state index in [4.69, 9.17) is 4.74 Å². The molecule has 1 unspecified atom stereocenters. The highest BCUT2D eigenvalue weighted by atomic mass is 32.2. The number of β-lactam (4-membered cyclic amide) rings is 1. The van der Waals surface area contributed by atoms with Crippen molar-refractivity contribution in [3.63, 3.8) is 0 Å². The molecule has 4 atom stereocenters. The number of ether oxygens (including phenoxy) is 1. The average Bonchev–Trinajstić information content (AvgIpc) is 3.11. The lowest BCUT2D eigenvalue weighted by atomic mass is 9.91. The average molecular weight is 548 g/mol. The van der Waals surface area contributed by atoms with Gasteiger partial charge in [-0.05, 0) is 25.0 Å². The third-order valence-corrected chi connectivity index (χ3v) is 8.96. The SMILES string of the molecule is CC1(C)S[C@H]2N(C(=O)[C@@]2(NC=O)NC(=O)C(c2ccccc2)S(=O)(=O)O)[C@H]1C(=O)OCc1ccccc1. The van der Waals surface area contributed by atoms with Gasteiger partial charge in [-0.3, -0.25) is 18.9 Å². The highest BCUT2D eigenvalue weighted by Crippen LogP contribution is 2.54. The first-order chi connectivity index (χ1) is 17.4. The second-order valence-electron chi connectivity index (χ2n) is 9.15. The van der Waals surface area contributed by atoms with Crippen molar-refractivity contribution in [3.05, 3.63) is 71.8 Å². The minimum absolute atomic E-state index is 0.00873. The molecular formula is C24H25N3O8S2. The van der Waals surface area contributed by atoms with Crippen molar-refractivity contribution >= 4 is 46.1 Å². The lowest BCUT2D eigenvalue weighted by molar-refractivity contribution is -0.174. The van der Waals surface area contributed by atoms with Crippen LogP contribution in [0.1, 0.15) is 30.2 Å². The lowest BCUT2D eigenvalue weighted by Gasteiger charge is -2.52. The summed E-state index contributed by atoms with van der Waals surface area (Å²) < 4.78 is 38.6. The minimum atomic E-state index is -4.94. The van der Waals surface area contributed by atoms with E-state index in [2.05, 4.69) is 10.6 Å². The second-order valence-corrected chi connectivity index (χ2v) is 12.4. The Labute approximate surface area is 217 Å². The van der Waals surface area contributed by atoms with Crippen LogP contribution in [-0.2, 0) is 40.6 Å². The van der Waals surface area contributed by atoms with Gasteiger partial charge in [0.2, 0.25) is 18.0 Å². The van der Waals surface area contributed by atoms with E-state index in [1.807, 2.05) is 6.07 Å². The molecule has 37 heavy (non-hydrogen) atoms. The molecular weight excluding hydrogens is 522 g/mol.